The minimum Gasteiger partial charge on any atom is -0.384 e. The molecule has 0 radical (unpaired) electrons. The lowest BCUT2D eigenvalue weighted by Crippen LogP contribution is -1.91. The van der Waals surface area contributed by atoms with Gasteiger partial charge >= 0.3 is 0 Å². The van der Waals surface area contributed by atoms with E-state index in [0.29, 0.717) is 0 Å². The monoisotopic (exact) mass is 159 g/mol. The molecule has 0 unspecified atom stereocenters. The molecule has 0 bridgehead atoms. The van der Waals surface area contributed by atoms with Crippen LogP contribution >= 0.6 is 0 Å². The lowest BCUT2D eigenvalue weighted by Gasteiger charge is -2.02. The molecule has 1 aromatic rings. The first kappa shape index (κ1) is 6.53. The van der Waals surface area contributed by atoms with Crippen molar-refractivity contribution in [1.29, 1.82) is 0 Å². The largest absolute Gasteiger partial charge is 0.384 e. The van der Waals surface area contributed by atoms with Gasteiger partial charge in [-0.25, -0.2) is 0 Å². The summed E-state index contributed by atoms with van der Waals surface area (Å²) in [6.45, 7) is 1.13. The summed E-state index contributed by atoms with van der Waals surface area (Å²) in [4.78, 5) is 0. The quantitative estimate of drug-likeness (QED) is 0.664. The van der Waals surface area contributed by atoms with Crippen LogP contribution in [0.4, 0.5) is 5.69 Å². The van der Waals surface area contributed by atoms with Gasteiger partial charge in [0.25, 0.3) is 0 Å². The molecule has 0 atom stereocenters. The molecule has 2 aliphatic rings. The topological polar surface area (TPSA) is 12.0 Å². The van der Waals surface area contributed by atoms with Gasteiger partial charge in [-0.05, 0) is 42.4 Å². The molecule has 1 heteroatoms. The van der Waals surface area contributed by atoms with Crippen LogP contribution in [-0.2, 0) is 6.42 Å². The van der Waals surface area contributed by atoms with Crippen molar-refractivity contribution in [3.05, 3.63) is 29.3 Å². The van der Waals surface area contributed by atoms with Gasteiger partial charge in [-0.3, -0.25) is 0 Å². The van der Waals surface area contributed by atoms with Crippen LogP contribution in [0.1, 0.15) is 29.9 Å². The highest BCUT2D eigenvalue weighted by Crippen LogP contribution is 2.41. The molecule has 0 spiro atoms. The van der Waals surface area contributed by atoms with Crippen LogP contribution in [0, 0.1) is 0 Å². The van der Waals surface area contributed by atoms with Crippen molar-refractivity contribution in [3.63, 3.8) is 0 Å². The third kappa shape index (κ3) is 0.927. The summed E-state index contributed by atoms with van der Waals surface area (Å²) >= 11 is 0. The van der Waals surface area contributed by atoms with E-state index in [1.54, 1.807) is 5.56 Å². The Hall–Kier alpha value is -0.980. The molecule has 12 heavy (non-hydrogen) atoms. The fourth-order valence-electron chi connectivity index (χ4n) is 1.98. The minimum absolute atomic E-state index is 0.887. The standard InChI is InChI=1S/C11H13N/c1-2-8(1)10-4-3-9-5-6-12-11(9)7-10/h3-4,7-8,12H,1-2,5-6H2. The Morgan fingerprint density at radius 2 is 2.17 bits per heavy atom. The molecular formula is C11H13N. The van der Waals surface area contributed by atoms with E-state index >= 15 is 0 Å². The Bertz CT molecular complexity index is 313. The van der Waals surface area contributed by atoms with Crippen LogP contribution in [0.2, 0.25) is 0 Å². The highest BCUT2D eigenvalue weighted by atomic mass is 14.9. The first-order valence-corrected chi connectivity index (χ1v) is 4.80. The van der Waals surface area contributed by atoms with E-state index in [0.717, 1.165) is 12.5 Å². The van der Waals surface area contributed by atoms with Crippen LogP contribution in [0.25, 0.3) is 0 Å². The number of hydrogen-bond donors (Lipinski definition) is 1. The number of benzene rings is 1. The van der Waals surface area contributed by atoms with Gasteiger partial charge in [0.05, 0.1) is 0 Å². The lowest BCUT2D eigenvalue weighted by atomic mass is 10.1. The maximum Gasteiger partial charge on any atom is 0.0376 e. The normalized spacial score (nSPS) is 20.3. The van der Waals surface area contributed by atoms with Crippen molar-refractivity contribution in [2.24, 2.45) is 0 Å². The molecule has 0 saturated heterocycles. The molecule has 3 rings (SSSR count). The molecule has 1 aromatic carbocycles. The molecule has 1 N–H and O–H groups in total. The Morgan fingerprint density at radius 1 is 1.25 bits per heavy atom. The summed E-state index contributed by atoms with van der Waals surface area (Å²) in [5.74, 6) is 0.887. The first-order chi connectivity index (χ1) is 5.93. The molecular weight excluding hydrogens is 146 g/mol. The highest BCUT2D eigenvalue weighted by Gasteiger charge is 2.24. The maximum atomic E-state index is 3.42. The van der Waals surface area contributed by atoms with E-state index in [1.165, 1.54) is 30.5 Å². The van der Waals surface area contributed by atoms with Gasteiger partial charge in [-0.15, -0.1) is 0 Å². The number of anilines is 1. The number of rotatable bonds is 1. The molecule has 1 aliphatic heterocycles. The van der Waals surface area contributed by atoms with E-state index < -0.39 is 0 Å². The smallest absolute Gasteiger partial charge is 0.0376 e. The zero-order valence-electron chi connectivity index (χ0n) is 7.14. The predicted octanol–water partition coefficient (Wildman–Crippen LogP) is 2.53. The van der Waals surface area contributed by atoms with E-state index in [2.05, 4.69) is 23.5 Å². The summed E-state index contributed by atoms with van der Waals surface area (Å²) in [5, 5.41) is 3.42. The Morgan fingerprint density at radius 3 is 3.00 bits per heavy atom. The second kappa shape index (κ2) is 2.25. The zero-order chi connectivity index (χ0) is 7.97. The van der Waals surface area contributed by atoms with Gasteiger partial charge in [0.2, 0.25) is 0 Å². The van der Waals surface area contributed by atoms with Gasteiger partial charge in [-0.2, -0.15) is 0 Å². The Balaban J connectivity index is 2.03. The van der Waals surface area contributed by atoms with Crippen molar-refractivity contribution in [2.75, 3.05) is 11.9 Å². The van der Waals surface area contributed by atoms with Crippen LogP contribution in [0.3, 0.4) is 0 Å². The fraction of sp³-hybridized carbons (Fsp3) is 0.455. The van der Waals surface area contributed by atoms with Crippen LogP contribution in [0.5, 0.6) is 0 Å². The van der Waals surface area contributed by atoms with Crippen molar-refractivity contribution in [1.82, 2.24) is 0 Å². The summed E-state index contributed by atoms with van der Waals surface area (Å²) in [6, 6.07) is 6.95. The van der Waals surface area contributed by atoms with Crippen LogP contribution in [-0.4, -0.2) is 6.54 Å². The lowest BCUT2D eigenvalue weighted by molar-refractivity contribution is 1.10. The number of hydrogen-bond acceptors (Lipinski definition) is 1. The molecule has 1 fully saturated rings. The third-order valence-corrected chi connectivity index (χ3v) is 2.89. The van der Waals surface area contributed by atoms with Crippen molar-refractivity contribution in [2.45, 2.75) is 25.2 Å². The fourth-order valence-corrected chi connectivity index (χ4v) is 1.98. The third-order valence-electron chi connectivity index (χ3n) is 2.89. The number of fused-ring (bicyclic) bond motifs is 1. The summed E-state index contributed by atoms with van der Waals surface area (Å²) < 4.78 is 0. The van der Waals surface area contributed by atoms with Gasteiger partial charge in [0.15, 0.2) is 0 Å². The highest BCUT2D eigenvalue weighted by molar-refractivity contribution is 5.57. The van der Waals surface area contributed by atoms with E-state index in [-0.39, 0.29) is 0 Å². The van der Waals surface area contributed by atoms with E-state index in [4.69, 9.17) is 0 Å². The molecule has 1 nitrogen and oxygen atoms in total. The van der Waals surface area contributed by atoms with Crippen molar-refractivity contribution >= 4 is 5.69 Å². The van der Waals surface area contributed by atoms with Gasteiger partial charge in [-0.1, -0.05) is 12.1 Å². The SMILES string of the molecule is c1cc2c(cc1C1CC1)NCC2. The molecule has 0 aromatic heterocycles. The molecule has 1 heterocycles. The summed E-state index contributed by atoms with van der Waals surface area (Å²) in [5.41, 5.74) is 4.43. The van der Waals surface area contributed by atoms with E-state index in [1.807, 2.05) is 0 Å². The van der Waals surface area contributed by atoms with Crippen LogP contribution < -0.4 is 5.32 Å². The predicted molar refractivity (Wildman–Crippen MR) is 50.6 cm³/mol. The van der Waals surface area contributed by atoms with Gasteiger partial charge in [0.1, 0.15) is 0 Å². The molecule has 1 saturated carbocycles. The minimum atomic E-state index is 0.887. The molecule has 62 valence electrons. The summed E-state index contributed by atoms with van der Waals surface area (Å²) in [6.07, 6.45) is 4.01. The Kier molecular flexibility index (Phi) is 1.23. The Labute approximate surface area is 72.8 Å². The molecule has 0 amide bonds. The average molecular weight is 159 g/mol. The van der Waals surface area contributed by atoms with Gasteiger partial charge in [0, 0.05) is 12.2 Å². The maximum absolute atomic E-state index is 3.42. The second-order valence-corrected chi connectivity index (χ2v) is 3.87. The first-order valence-electron chi connectivity index (χ1n) is 4.80. The zero-order valence-corrected chi connectivity index (χ0v) is 7.14. The molecule has 1 aliphatic carbocycles. The van der Waals surface area contributed by atoms with Crippen LogP contribution in [0.15, 0.2) is 18.2 Å². The van der Waals surface area contributed by atoms with Gasteiger partial charge < -0.3 is 5.32 Å². The average Bonchev–Trinajstić information content (AvgIpc) is 2.84. The second-order valence-electron chi connectivity index (χ2n) is 3.87. The van der Waals surface area contributed by atoms with Crippen molar-refractivity contribution in [3.8, 4) is 0 Å². The van der Waals surface area contributed by atoms with Crippen molar-refractivity contribution < 1.29 is 0 Å². The number of nitrogens with one attached hydrogen (secondary N) is 1. The summed E-state index contributed by atoms with van der Waals surface area (Å²) in [7, 11) is 0. The van der Waals surface area contributed by atoms with E-state index in [9.17, 15) is 0 Å².